The SMILES string of the molecule is O=C(CSc1ccc2c(c1)CCC2)Nc1ccc(N2CCCC2)c(F)c1. The third kappa shape index (κ3) is 3.88. The Balaban J connectivity index is 1.33. The molecule has 0 radical (unpaired) electrons. The van der Waals surface area contributed by atoms with E-state index in [1.807, 2.05) is 0 Å². The molecule has 2 aliphatic rings. The molecular formula is C21H23FN2OS. The highest BCUT2D eigenvalue weighted by Crippen LogP contribution is 2.28. The number of hydrogen-bond acceptors (Lipinski definition) is 3. The second-order valence-corrected chi connectivity index (χ2v) is 8.03. The van der Waals surface area contributed by atoms with Crippen LogP contribution in [0.4, 0.5) is 15.8 Å². The van der Waals surface area contributed by atoms with Crippen molar-refractivity contribution in [3.63, 3.8) is 0 Å². The smallest absolute Gasteiger partial charge is 0.234 e. The van der Waals surface area contributed by atoms with Crippen LogP contribution in [0.15, 0.2) is 41.3 Å². The van der Waals surface area contributed by atoms with Crippen molar-refractivity contribution in [2.24, 2.45) is 0 Å². The molecule has 1 saturated heterocycles. The summed E-state index contributed by atoms with van der Waals surface area (Å²) in [6, 6.07) is 11.4. The zero-order chi connectivity index (χ0) is 17.9. The Bertz CT molecular complexity index is 818. The molecule has 4 rings (SSSR count). The molecule has 0 atom stereocenters. The number of nitrogens with one attached hydrogen (secondary N) is 1. The number of aryl methyl sites for hydroxylation is 2. The number of benzene rings is 2. The molecule has 1 aliphatic heterocycles. The monoisotopic (exact) mass is 370 g/mol. The summed E-state index contributed by atoms with van der Waals surface area (Å²) in [5.41, 5.74) is 4.00. The Morgan fingerprint density at radius 1 is 1.04 bits per heavy atom. The molecule has 2 aromatic rings. The Morgan fingerprint density at radius 3 is 2.65 bits per heavy atom. The normalized spacial score (nSPS) is 16.0. The van der Waals surface area contributed by atoms with Crippen LogP contribution >= 0.6 is 11.8 Å². The maximum absolute atomic E-state index is 14.3. The number of carbonyl (C=O) groups excluding carboxylic acids is 1. The van der Waals surface area contributed by atoms with Crippen molar-refractivity contribution in [2.75, 3.05) is 29.1 Å². The van der Waals surface area contributed by atoms with Gasteiger partial charge in [-0.2, -0.15) is 0 Å². The molecule has 5 heteroatoms. The molecule has 0 unspecified atom stereocenters. The van der Waals surface area contributed by atoms with Gasteiger partial charge in [0.2, 0.25) is 5.91 Å². The fourth-order valence-electron chi connectivity index (χ4n) is 3.78. The van der Waals surface area contributed by atoms with Crippen molar-refractivity contribution in [2.45, 2.75) is 37.0 Å². The summed E-state index contributed by atoms with van der Waals surface area (Å²) < 4.78 is 14.3. The number of halogens is 1. The van der Waals surface area contributed by atoms with Crippen molar-refractivity contribution < 1.29 is 9.18 Å². The first-order valence-corrected chi connectivity index (χ1v) is 10.3. The van der Waals surface area contributed by atoms with E-state index in [1.54, 1.807) is 12.1 Å². The van der Waals surface area contributed by atoms with Crippen LogP contribution in [0.5, 0.6) is 0 Å². The van der Waals surface area contributed by atoms with Crippen LogP contribution in [0, 0.1) is 5.82 Å². The van der Waals surface area contributed by atoms with Crippen molar-refractivity contribution in [3.05, 3.63) is 53.3 Å². The van der Waals surface area contributed by atoms with Crippen LogP contribution in [0.3, 0.4) is 0 Å². The highest BCUT2D eigenvalue weighted by atomic mass is 32.2. The van der Waals surface area contributed by atoms with Gasteiger partial charge < -0.3 is 10.2 Å². The number of anilines is 2. The molecule has 1 N–H and O–H groups in total. The molecule has 3 nitrogen and oxygen atoms in total. The van der Waals surface area contributed by atoms with Crippen LogP contribution in [0.2, 0.25) is 0 Å². The number of hydrogen-bond donors (Lipinski definition) is 1. The van der Waals surface area contributed by atoms with Crippen LogP contribution < -0.4 is 10.2 Å². The highest BCUT2D eigenvalue weighted by Gasteiger charge is 2.17. The van der Waals surface area contributed by atoms with Crippen LogP contribution in [0.25, 0.3) is 0 Å². The van der Waals surface area contributed by atoms with Crippen LogP contribution in [0.1, 0.15) is 30.4 Å². The Labute approximate surface area is 158 Å². The number of nitrogens with zero attached hydrogens (tertiary/aromatic N) is 1. The predicted octanol–water partition coefficient (Wildman–Crippen LogP) is 4.65. The molecule has 0 bridgehead atoms. The molecule has 1 aliphatic carbocycles. The Hall–Kier alpha value is -2.01. The molecule has 0 saturated carbocycles. The van der Waals surface area contributed by atoms with Gasteiger partial charge in [0.25, 0.3) is 0 Å². The van der Waals surface area contributed by atoms with E-state index >= 15 is 0 Å². The number of carbonyl (C=O) groups is 1. The summed E-state index contributed by atoms with van der Waals surface area (Å²) in [4.78, 5) is 15.4. The first kappa shape index (κ1) is 17.4. The quantitative estimate of drug-likeness (QED) is 0.778. The number of amides is 1. The zero-order valence-electron chi connectivity index (χ0n) is 14.8. The fourth-order valence-corrected chi connectivity index (χ4v) is 4.54. The van der Waals surface area contributed by atoms with Gasteiger partial charge in [-0.25, -0.2) is 4.39 Å². The van der Waals surface area contributed by atoms with Crippen LogP contribution in [-0.2, 0) is 17.6 Å². The first-order valence-electron chi connectivity index (χ1n) is 9.28. The van der Waals surface area contributed by atoms with Crippen LogP contribution in [-0.4, -0.2) is 24.7 Å². The van der Waals surface area contributed by atoms with E-state index in [2.05, 4.69) is 28.4 Å². The minimum absolute atomic E-state index is 0.108. The fraction of sp³-hybridized carbons (Fsp3) is 0.381. The average Bonchev–Trinajstić information content (AvgIpc) is 3.31. The van der Waals surface area contributed by atoms with E-state index in [-0.39, 0.29) is 11.7 Å². The van der Waals surface area contributed by atoms with Crippen molar-refractivity contribution in [3.8, 4) is 0 Å². The van der Waals surface area contributed by atoms with E-state index in [9.17, 15) is 9.18 Å². The maximum Gasteiger partial charge on any atom is 0.234 e. The first-order chi connectivity index (χ1) is 12.7. The maximum atomic E-state index is 14.3. The molecule has 0 aromatic heterocycles. The molecule has 2 aromatic carbocycles. The largest absolute Gasteiger partial charge is 0.369 e. The van der Waals surface area contributed by atoms with Gasteiger partial charge in [-0.15, -0.1) is 11.8 Å². The summed E-state index contributed by atoms with van der Waals surface area (Å²) >= 11 is 1.53. The number of rotatable bonds is 5. The predicted molar refractivity (Wildman–Crippen MR) is 106 cm³/mol. The Kier molecular flexibility index (Phi) is 5.16. The minimum atomic E-state index is -0.268. The second kappa shape index (κ2) is 7.70. The summed E-state index contributed by atoms with van der Waals surface area (Å²) in [7, 11) is 0. The Morgan fingerprint density at radius 2 is 1.85 bits per heavy atom. The molecule has 136 valence electrons. The molecule has 1 fully saturated rings. The third-order valence-electron chi connectivity index (χ3n) is 5.12. The molecule has 1 amide bonds. The van der Waals surface area contributed by atoms with Crippen molar-refractivity contribution in [1.82, 2.24) is 0 Å². The summed E-state index contributed by atoms with van der Waals surface area (Å²) in [6.45, 7) is 1.81. The van der Waals surface area contributed by atoms with Gasteiger partial charge in [0.1, 0.15) is 5.82 Å². The molecular weight excluding hydrogens is 347 g/mol. The molecule has 26 heavy (non-hydrogen) atoms. The standard InChI is InChI=1S/C21H23FN2OS/c22-19-13-17(7-9-20(19)24-10-1-2-11-24)23-21(25)14-26-18-8-6-15-4-3-5-16(15)12-18/h6-9,12-13H,1-5,10-11,14H2,(H,23,25). The van der Waals surface area contributed by atoms with E-state index in [0.717, 1.165) is 37.2 Å². The molecule has 0 spiro atoms. The van der Waals surface area contributed by atoms with Gasteiger partial charge in [0.05, 0.1) is 11.4 Å². The summed E-state index contributed by atoms with van der Waals surface area (Å²) in [5, 5.41) is 2.80. The summed E-state index contributed by atoms with van der Waals surface area (Å²) in [5.74, 6) is -0.0475. The van der Waals surface area contributed by atoms with E-state index in [1.165, 1.54) is 41.8 Å². The lowest BCUT2D eigenvalue weighted by molar-refractivity contribution is -0.113. The van der Waals surface area contributed by atoms with Gasteiger partial charge in [-0.3, -0.25) is 4.79 Å². The van der Waals surface area contributed by atoms with Gasteiger partial charge in [0, 0.05) is 23.7 Å². The highest BCUT2D eigenvalue weighted by molar-refractivity contribution is 8.00. The zero-order valence-corrected chi connectivity index (χ0v) is 15.6. The van der Waals surface area contributed by atoms with E-state index in [4.69, 9.17) is 0 Å². The van der Waals surface area contributed by atoms with E-state index in [0.29, 0.717) is 17.1 Å². The number of fused-ring (bicyclic) bond motifs is 1. The topological polar surface area (TPSA) is 32.3 Å². The van der Waals surface area contributed by atoms with Gasteiger partial charge >= 0.3 is 0 Å². The lowest BCUT2D eigenvalue weighted by Gasteiger charge is -2.18. The van der Waals surface area contributed by atoms with E-state index < -0.39 is 0 Å². The third-order valence-corrected chi connectivity index (χ3v) is 6.11. The van der Waals surface area contributed by atoms with Gasteiger partial charge in [-0.1, -0.05) is 6.07 Å². The van der Waals surface area contributed by atoms with Crippen molar-refractivity contribution in [1.29, 1.82) is 0 Å². The van der Waals surface area contributed by atoms with Crippen molar-refractivity contribution >= 4 is 29.0 Å². The second-order valence-electron chi connectivity index (χ2n) is 6.98. The average molecular weight is 370 g/mol. The molecule has 1 heterocycles. The summed E-state index contributed by atoms with van der Waals surface area (Å²) in [6.07, 6.45) is 5.75. The lowest BCUT2D eigenvalue weighted by atomic mass is 10.1. The minimum Gasteiger partial charge on any atom is -0.369 e. The van der Waals surface area contributed by atoms with Gasteiger partial charge in [-0.05, 0) is 73.6 Å². The number of thioether (sulfide) groups is 1. The van der Waals surface area contributed by atoms with Gasteiger partial charge in [0.15, 0.2) is 0 Å². The lowest BCUT2D eigenvalue weighted by Crippen LogP contribution is -2.19.